The first-order valence-electron chi connectivity index (χ1n) is 6.06. The SMILES string of the molecule is CC(=O)c1cc(NCC(C)(C)N(C)C)ccc1N. The van der Waals surface area contributed by atoms with Gasteiger partial charge in [-0.1, -0.05) is 0 Å². The van der Waals surface area contributed by atoms with Crippen LogP contribution >= 0.6 is 0 Å². The van der Waals surface area contributed by atoms with Crippen molar-refractivity contribution in [1.82, 2.24) is 4.90 Å². The van der Waals surface area contributed by atoms with E-state index in [1.54, 1.807) is 6.07 Å². The topological polar surface area (TPSA) is 58.4 Å². The van der Waals surface area contributed by atoms with Gasteiger partial charge in [-0.25, -0.2) is 0 Å². The Morgan fingerprint density at radius 2 is 2.00 bits per heavy atom. The van der Waals surface area contributed by atoms with Gasteiger partial charge in [0.15, 0.2) is 5.78 Å². The summed E-state index contributed by atoms with van der Waals surface area (Å²) in [6, 6.07) is 5.47. The van der Waals surface area contributed by atoms with Crippen molar-refractivity contribution in [3.05, 3.63) is 23.8 Å². The van der Waals surface area contributed by atoms with Crippen LogP contribution in [0.5, 0.6) is 0 Å². The molecule has 0 aliphatic heterocycles. The Labute approximate surface area is 109 Å². The van der Waals surface area contributed by atoms with Crippen LogP contribution in [0.2, 0.25) is 0 Å². The highest BCUT2D eigenvalue weighted by molar-refractivity contribution is 6.00. The highest BCUT2D eigenvalue weighted by Gasteiger charge is 2.19. The third-order valence-corrected chi connectivity index (χ3v) is 3.37. The predicted molar refractivity (Wildman–Crippen MR) is 77.1 cm³/mol. The van der Waals surface area contributed by atoms with Crippen molar-refractivity contribution in [3.63, 3.8) is 0 Å². The highest BCUT2D eigenvalue weighted by atomic mass is 16.1. The van der Waals surface area contributed by atoms with Gasteiger partial charge in [0, 0.05) is 29.0 Å². The Balaban J connectivity index is 2.81. The molecule has 0 radical (unpaired) electrons. The van der Waals surface area contributed by atoms with E-state index in [0.717, 1.165) is 12.2 Å². The smallest absolute Gasteiger partial charge is 0.161 e. The van der Waals surface area contributed by atoms with Crippen LogP contribution < -0.4 is 11.1 Å². The Bertz CT molecular complexity index is 439. The number of likely N-dealkylation sites (N-methyl/N-ethyl adjacent to an activating group) is 1. The Morgan fingerprint density at radius 3 is 2.50 bits per heavy atom. The molecule has 3 N–H and O–H groups in total. The first kappa shape index (κ1) is 14.5. The minimum absolute atomic E-state index is 0.0111. The van der Waals surface area contributed by atoms with E-state index in [9.17, 15) is 4.79 Å². The summed E-state index contributed by atoms with van der Waals surface area (Å²) >= 11 is 0. The number of Topliss-reactive ketones (excluding diaryl/α,β-unsaturated/α-hetero) is 1. The maximum absolute atomic E-state index is 11.4. The minimum atomic E-state index is -0.0111. The molecule has 100 valence electrons. The van der Waals surface area contributed by atoms with E-state index in [1.807, 2.05) is 26.2 Å². The minimum Gasteiger partial charge on any atom is -0.398 e. The van der Waals surface area contributed by atoms with Gasteiger partial charge in [0.05, 0.1) is 0 Å². The molecule has 0 aromatic heterocycles. The molecule has 0 unspecified atom stereocenters. The van der Waals surface area contributed by atoms with Crippen LogP contribution in [-0.2, 0) is 0 Å². The molecule has 0 atom stereocenters. The third kappa shape index (κ3) is 3.47. The van der Waals surface area contributed by atoms with E-state index < -0.39 is 0 Å². The number of nitrogens with one attached hydrogen (secondary N) is 1. The molecule has 4 nitrogen and oxygen atoms in total. The van der Waals surface area contributed by atoms with Crippen molar-refractivity contribution in [1.29, 1.82) is 0 Å². The second-order valence-electron chi connectivity index (χ2n) is 5.42. The summed E-state index contributed by atoms with van der Waals surface area (Å²) in [4.78, 5) is 13.6. The molecule has 1 aromatic carbocycles. The molecule has 18 heavy (non-hydrogen) atoms. The maximum Gasteiger partial charge on any atom is 0.161 e. The van der Waals surface area contributed by atoms with Gasteiger partial charge in [0.1, 0.15) is 0 Å². The van der Waals surface area contributed by atoms with Crippen LogP contribution in [0.4, 0.5) is 11.4 Å². The molecule has 0 fully saturated rings. The van der Waals surface area contributed by atoms with Gasteiger partial charge >= 0.3 is 0 Å². The van der Waals surface area contributed by atoms with Crippen molar-refractivity contribution in [2.45, 2.75) is 26.3 Å². The molecule has 0 saturated carbocycles. The summed E-state index contributed by atoms with van der Waals surface area (Å²) in [5.41, 5.74) is 7.82. The van der Waals surface area contributed by atoms with Gasteiger partial charge in [0.2, 0.25) is 0 Å². The molecule has 0 bridgehead atoms. The zero-order chi connectivity index (χ0) is 13.9. The number of nitrogens with two attached hydrogens (primary N) is 1. The van der Waals surface area contributed by atoms with E-state index in [2.05, 4.69) is 24.1 Å². The number of nitrogen functional groups attached to an aromatic ring is 1. The number of nitrogens with zero attached hydrogens (tertiary/aromatic N) is 1. The van der Waals surface area contributed by atoms with E-state index in [-0.39, 0.29) is 11.3 Å². The molecule has 0 saturated heterocycles. The van der Waals surface area contributed by atoms with E-state index in [0.29, 0.717) is 11.3 Å². The number of hydrogen-bond donors (Lipinski definition) is 2. The standard InChI is InChI=1S/C14H23N3O/c1-10(18)12-8-11(6-7-13(12)15)16-9-14(2,3)17(4)5/h6-8,16H,9,15H2,1-5H3. The van der Waals surface area contributed by atoms with Crippen LogP contribution in [0.15, 0.2) is 18.2 Å². The fourth-order valence-corrected chi connectivity index (χ4v) is 1.45. The van der Waals surface area contributed by atoms with E-state index in [1.165, 1.54) is 6.92 Å². The molecule has 0 aliphatic carbocycles. The van der Waals surface area contributed by atoms with Crippen LogP contribution in [0.25, 0.3) is 0 Å². The number of carbonyl (C=O) groups is 1. The molecule has 0 heterocycles. The quantitative estimate of drug-likeness (QED) is 0.620. The summed E-state index contributed by atoms with van der Waals surface area (Å²) in [5.74, 6) is -0.0111. The number of ketones is 1. The summed E-state index contributed by atoms with van der Waals surface area (Å²) in [7, 11) is 4.09. The molecule has 0 amide bonds. The number of hydrogen-bond acceptors (Lipinski definition) is 4. The van der Waals surface area contributed by atoms with Crippen molar-refractivity contribution in [2.24, 2.45) is 0 Å². The Morgan fingerprint density at radius 1 is 1.39 bits per heavy atom. The summed E-state index contributed by atoms with van der Waals surface area (Å²) in [6.07, 6.45) is 0. The van der Waals surface area contributed by atoms with E-state index >= 15 is 0 Å². The Hall–Kier alpha value is -1.55. The molecular weight excluding hydrogens is 226 g/mol. The average Bonchev–Trinajstić information content (AvgIpc) is 2.27. The second kappa shape index (κ2) is 5.40. The monoisotopic (exact) mass is 249 g/mol. The van der Waals surface area contributed by atoms with Gasteiger partial charge in [-0.3, -0.25) is 4.79 Å². The number of carbonyl (C=O) groups excluding carboxylic acids is 1. The van der Waals surface area contributed by atoms with Crippen molar-refractivity contribution >= 4 is 17.2 Å². The molecule has 4 heteroatoms. The zero-order valence-corrected chi connectivity index (χ0v) is 11.9. The molecule has 1 aromatic rings. The first-order valence-corrected chi connectivity index (χ1v) is 6.06. The van der Waals surface area contributed by atoms with Crippen molar-refractivity contribution in [2.75, 3.05) is 31.7 Å². The van der Waals surface area contributed by atoms with Gasteiger partial charge in [-0.05, 0) is 53.1 Å². The van der Waals surface area contributed by atoms with Crippen LogP contribution in [0, 0.1) is 0 Å². The number of rotatable bonds is 5. The van der Waals surface area contributed by atoms with Crippen molar-refractivity contribution < 1.29 is 4.79 Å². The lowest BCUT2D eigenvalue weighted by Crippen LogP contribution is -2.44. The van der Waals surface area contributed by atoms with Crippen LogP contribution in [0.1, 0.15) is 31.1 Å². The average molecular weight is 249 g/mol. The molecule has 0 aliphatic rings. The second-order valence-corrected chi connectivity index (χ2v) is 5.42. The van der Waals surface area contributed by atoms with Gasteiger partial charge in [0.25, 0.3) is 0 Å². The predicted octanol–water partition coefficient (Wildman–Crippen LogP) is 2.22. The molecule has 0 spiro atoms. The van der Waals surface area contributed by atoms with Crippen LogP contribution in [0.3, 0.4) is 0 Å². The normalized spacial score (nSPS) is 11.7. The first-order chi connectivity index (χ1) is 8.24. The van der Waals surface area contributed by atoms with E-state index in [4.69, 9.17) is 5.73 Å². The van der Waals surface area contributed by atoms with Gasteiger partial charge < -0.3 is 16.0 Å². The summed E-state index contributed by atoms with van der Waals surface area (Å²) in [5, 5.41) is 3.34. The summed E-state index contributed by atoms with van der Waals surface area (Å²) < 4.78 is 0. The zero-order valence-electron chi connectivity index (χ0n) is 11.9. The lowest BCUT2D eigenvalue weighted by Gasteiger charge is -2.33. The van der Waals surface area contributed by atoms with Gasteiger partial charge in [-0.2, -0.15) is 0 Å². The van der Waals surface area contributed by atoms with Crippen molar-refractivity contribution in [3.8, 4) is 0 Å². The Kier molecular flexibility index (Phi) is 4.35. The summed E-state index contributed by atoms with van der Waals surface area (Å²) in [6.45, 7) is 6.63. The third-order valence-electron chi connectivity index (χ3n) is 3.37. The fourth-order valence-electron chi connectivity index (χ4n) is 1.45. The number of anilines is 2. The molecular formula is C14H23N3O. The number of benzene rings is 1. The van der Waals surface area contributed by atoms with Gasteiger partial charge in [-0.15, -0.1) is 0 Å². The largest absolute Gasteiger partial charge is 0.398 e. The maximum atomic E-state index is 11.4. The van der Waals surface area contributed by atoms with Crippen LogP contribution in [-0.4, -0.2) is 36.9 Å². The lowest BCUT2D eigenvalue weighted by molar-refractivity contribution is 0.101. The highest BCUT2D eigenvalue weighted by Crippen LogP contribution is 2.19. The lowest BCUT2D eigenvalue weighted by atomic mass is 10.0. The fraction of sp³-hybridized carbons (Fsp3) is 0.500. The molecule has 1 rings (SSSR count).